The van der Waals surface area contributed by atoms with Gasteiger partial charge in [-0.05, 0) is 46.0 Å². The summed E-state index contributed by atoms with van der Waals surface area (Å²) in [7, 11) is -3.65. The van der Waals surface area contributed by atoms with Crippen molar-refractivity contribution in [3.8, 4) is 0 Å². The van der Waals surface area contributed by atoms with Crippen LogP contribution in [0.3, 0.4) is 0 Å². The minimum atomic E-state index is -3.65. The van der Waals surface area contributed by atoms with Crippen LogP contribution in [0.15, 0.2) is 0 Å². The van der Waals surface area contributed by atoms with Crippen LogP contribution in [-0.2, 0) is 19.4 Å². The van der Waals surface area contributed by atoms with Gasteiger partial charge in [0.05, 0.1) is 12.2 Å². The summed E-state index contributed by atoms with van der Waals surface area (Å²) in [4.78, 5) is 22.7. The smallest absolute Gasteiger partial charge is 0.303 e. The summed E-state index contributed by atoms with van der Waals surface area (Å²) >= 11 is 0. The third kappa shape index (κ3) is 4.77. The molecule has 0 aromatic heterocycles. The molecule has 1 aliphatic carbocycles. The van der Waals surface area contributed by atoms with E-state index in [0.717, 1.165) is 0 Å². The van der Waals surface area contributed by atoms with Gasteiger partial charge in [0, 0.05) is 5.54 Å². The average molecular weight is 305 g/mol. The summed E-state index contributed by atoms with van der Waals surface area (Å²) in [6.45, 7) is 6.68. The van der Waals surface area contributed by atoms with Crippen LogP contribution in [0.1, 0.15) is 47.0 Å². The number of hydrogen-bond acceptors (Lipinski definition) is 4. The molecule has 1 aliphatic rings. The summed E-state index contributed by atoms with van der Waals surface area (Å²) in [5, 5.41) is 10.3. The Balaban J connectivity index is 2.74. The first-order valence-corrected chi connectivity index (χ1v) is 8.34. The van der Waals surface area contributed by atoms with Crippen molar-refractivity contribution < 1.29 is 23.1 Å². The van der Waals surface area contributed by atoms with Gasteiger partial charge in [0.25, 0.3) is 0 Å². The molecule has 0 aromatic carbocycles. The van der Waals surface area contributed by atoms with E-state index in [9.17, 15) is 18.0 Å². The molecule has 1 unspecified atom stereocenters. The van der Waals surface area contributed by atoms with Gasteiger partial charge in [0.1, 0.15) is 5.25 Å². The molecule has 7 heteroatoms. The van der Waals surface area contributed by atoms with E-state index in [1.807, 2.05) is 0 Å². The quantitative estimate of drug-likeness (QED) is 0.761. The van der Waals surface area contributed by atoms with Crippen LogP contribution in [0.25, 0.3) is 0 Å². The molecule has 1 fully saturated rings. The predicted octanol–water partition coefficient (Wildman–Crippen LogP) is 0.959. The van der Waals surface area contributed by atoms with Gasteiger partial charge in [0.2, 0.25) is 5.91 Å². The zero-order valence-electron chi connectivity index (χ0n) is 12.4. The third-order valence-corrected chi connectivity index (χ3v) is 5.70. The molecule has 0 heterocycles. The van der Waals surface area contributed by atoms with E-state index in [0.29, 0.717) is 12.8 Å². The number of carbonyl (C=O) groups is 2. The summed E-state index contributed by atoms with van der Waals surface area (Å²) in [6, 6.07) is 0. The van der Waals surface area contributed by atoms with Gasteiger partial charge in [-0.2, -0.15) is 0 Å². The normalized spacial score (nSPS) is 19.2. The topological polar surface area (TPSA) is 101 Å². The van der Waals surface area contributed by atoms with Crippen molar-refractivity contribution in [2.45, 2.75) is 57.7 Å². The Morgan fingerprint density at radius 1 is 1.30 bits per heavy atom. The summed E-state index contributed by atoms with van der Waals surface area (Å²) in [5.74, 6) is -1.77. The molecule has 0 aliphatic heterocycles. The van der Waals surface area contributed by atoms with Crippen LogP contribution in [-0.4, -0.2) is 41.9 Å². The molecular weight excluding hydrogens is 282 g/mol. The van der Waals surface area contributed by atoms with Crippen molar-refractivity contribution in [2.75, 3.05) is 5.75 Å². The zero-order valence-corrected chi connectivity index (χ0v) is 13.2. The Bertz CT molecular complexity index is 499. The predicted molar refractivity (Wildman–Crippen MR) is 75.1 cm³/mol. The van der Waals surface area contributed by atoms with Crippen LogP contribution in [0, 0.1) is 5.41 Å². The van der Waals surface area contributed by atoms with E-state index in [1.54, 1.807) is 20.8 Å². The molecule has 0 saturated heterocycles. The van der Waals surface area contributed by atoms with Gasteiger partial charge in [-0.15, -0.1) is 0 Å². The van der Waals surface area contributed by atoms with Crippen LogP contribution < -0.4 is 5.32 Å². The highest BCUT2D eigenvalue weighted by Crippen LogP contribution is 2.50. The Morgan fingerprint density at radius 2 is 1.80 bits per heavy atom. The minimum absolute atomic E-state index is 0.153. The first-order valence-electron chi connectivity index (χ1n) is 6.62. The molecule has 20 heavy (non-hydrogen) atoms. The fraction of sp³-hybridized carbons (Fsp3) is 0.846. The number of nitrogens with one attached hydrogen (secondary N) is 1. The maximum absolute atomic E-state index is 12.2. The first kappa shape index (κ1) is 16.9. The molecule has 116 valence electrons. The maximum Gasteiger partial charge on any atom is 0.303 e. The second-order valence-electron chi connectivity index (χ2n) is 6.76. The van der Waals surface area contributed by atoms with Crippen molar-refractivity contribution in [2.24, 2.45) is 5.41 Å². The fourth-order valence-corrected chi connectivity index (χ4v) is 3.94. The number of carboxylic acids is 1. The lowest BCUT2D eigenvalue weighted by molar-refractivity contribution is -0.138. The molecular formula is C13H23NO5S. The van der Waals surface area contributed by atoms with E-state index in [1.165, 1.54) is 6.92 Å². The Hall–Kier alpha value is -1.11. The standard InChI is InChI=1S/C13H23NO5S/c1-9(11(17)14-12(2,3)4)20(18,19)8-13(5-6-13)7-10(15)16/h9H,5-8H2,1-4H3,(H,14,17)(H,15,16). The van der Waals surface area contributed by atoms with Crippen molar-refractivity contribution in [1.29, 1.82) is 0 Å². The van der Waals surface area contributed by atoms with Crippen molar-refractivity contribution in [1.82, 2.24) is 5.32 Å². The van der Waals surface area contributed by atoms with Gasteiger partial charge in [-0.1, -0.05) is 0 Å². The van der Waals surface area contributed by atoms with Gasteiger partial charge in [0.15, 0.2) is 9.84 Å². The average Bonchev–Trinajstić information content (AvgIpc) is 2.91. The SMILES string of the molecule is CC(C(=O)NC(C)(C)C)S(=O)(=O)CC1(CC(=O)O)CC1. The Kier molecular flexibility index (Phi) is 4.53. The molecule has 1 rings (SSSR count). The van der Waals surface area contributed by atoms with E-state index >= 15 is 0 Å². The Labute approximate surface area is 119 Å². The Morgan fingerprint density at radius 3 is 2.15 bits per heavy atom. The molecule has 0 bridgehead atoms. The maximum atomic E-state index is 12.2. The molecule has 0 aromatic rings. The lowest BCUT2D eigenvalue weighted by atomic mass is 10.1. The molecule has 6 nitrogen and oxygen atoms in total. The van der Waals surface area contributed by atoms with Crippen molar-refractivity contribution >= 4 is 21.7 Å². The highest BCUT2D eigenvalue weighted by Gasteiger charge is 2.49. The van der Waals surface area contributed by atoms with Crippen LogP contribution in [0.4, 0.5) is 0 Å². The van der Waals surface area contributed by atoms with Crippen LogP contribution >= 0.6 is 0 Å². The number of carbonyl (C=O) groups excluding carboxylic acids is 1. The number of hydrogen-bond donors (Lipinski definition) is 2. The van der Waals surface area contributed by atoms with E-state index in [-0.39, 0.29) is 12.2 Å². The third-order valence-electron chi connectivity index (χ3n) is 3.40. The molecule has 2 N–H and O–H groups in total. The molecule has 1 atom stereocenters. The van der Waals surface area contributed by atoms with Gasteiger partial charge in [-0.3, -0.25) is 9.59 Å². The summed E-state index contributed by atoms with van der Waals surface area (Å²) < 4.78 is 24.5. The number of rotatable bonds is 6. The molecule has 1 amide bonds. The summed E-state index contributed by atoms with van der Waals surface area (Å²) in [5.41, 5.74) is -1.17. The molecule has 0 radical (unpaired) electrons. The van der Waals surface area contributed by atoms with Crippen LogP contribution in [0.5, 0.6) is 0 Å². The minimum Gasteiger partial charge on any atom is -0.481 e. The number of amides is 1. The van der Waals surface area contributed by atoms with Crippen LogP contribution in [0.2, 0.25) is 0 Å². The molecule has 0 spiro atoms. The van der Waals surface area contributed by atoms with E-state index < -0.39 is 37.9 Å². The van der Waals surface area contributed by atoms with E-state index in [2.05, 4.69) is 5.32 Å². The zero-order chi connectivity index (χ0) is 15.8. The van der Waals surface area contributed by atoms with Gasteiger partial charge >= 0.3 is 5.97 Å². The lowest BCUT2D eigenvalue weighted by Crippen LogP contribution is -2.48. The largest absolute Gasteiger partial charge is 0.481 e. The number of aliphatic carboxylic acids is 1. The second kappa shape index (κ2) is 5.35. The fourth-order valence-electron chi connectivity index (χ4n) is 2.06. The molecule has 1 saturated carbocycles. The second-order valence-corrected chi connectivity index (χ2v) is 9.08. The number of sulfone groups is 1. The van der Waals surface area contributed by atoms with Crippen molar-refractivity contribution in [3.05, 3.63) is 0 Å². The highest BCUT2D eigenvalue weighted by molar-refractivity contribution is 7.92. The van der Waals surface area contributed by atoms with Gasteiger partial charge < -0.3 is 10.4 Å². The number of carboxylic acid groups (broad SMARTS) is 1. The highest BCUT2D eigenvalue weighted by atomic mass is 32.2. The summed E-state index contributed by atoms with van der Waals surface area (Å²) in [6.07, 6.45) is 1.03. The lowest BCUT2D eigenvalue weighted by Gasteiger charge is -2.24. The first-order chi connectivity index (χ1) is 8.87. The van der Waals surface area contributed by atoms with Gasteiger partial charge in [-0.25, -0.2) is 8.42 Å². The van der Waals surface area contributed by atoms with Crippen molar-refractivity contribution in [3.63, 3.8) is 0 Å². The monoisotopic (exact) mass is 305 g/mol. The van der Waals surface area contributed by atoms with E-state index in [4.69, 9.17) is 5.11 Å².